The van der Waals surface area contributed by atoms with E-state index >= 15 is 0 Å². The van der Waals surface area contributed by atoms with Crippen molar-refractivity contribution < 1.29 is 0 Å². The summed E-state index contributed by atoms with van der Waals surface area (Å²) in [6, 6.07) is 17.8. The van der Waals surface area contributed by atoms with Gasteiger partial charge in [-0.15, -0.1) is 0 Å². The molecule has 0 spiro atoms. The van der Waals surface area contributed by atoms with Gasteiger partial charge >= 0.3 is 0 Å². The predicted octanol–water partition coefficient (Wildman–Crippen LogP) is 4.75. The second-order valence-electron chi connectivity index (χ2n) is 4.18. The maximum Gasteiger partial charge on any atom is 0.0994 e. The van der Waals surface area contributed by atoms with Crippen molar-refractivity contribution in [3.63, 3.8) is 0 Å². The molecule has 1 nitrogen and oxygen atoms in total. The van der Waals surface area contributed by atoms with Crippen LogP contribution in [-0.4, -0.2) is 0 Å². The van der Waals surface area contributed by atoms with E-state index in [1.807, 2.05) is 48.5 Å². The van der Waals surface area contributed by atoms with Gasteiger partial charge < -0.3 is 0 Å². The summed E-state index contributed by atoms with van der Waals surface area (Å²) in [7, 11) is 0. The van der Waals surface area contributed by atoms with Crippen LogP contribution in [0.4, 0.5) is 0 Å². The number of hydrogen-bond acceptors (Lipinski definition) is 1. The third kappa shape index (κ3) is 2.39. The maximum atomic E-state index is 9.20. The van der Waals surface area contributed by atoms with Gasteiger partial charge in [-0.25, -0.2) is 0 Å². The van der Waals surface area contributed by atoms with E-state index in [-0.39, 0.29) is 5.92 Å². The van der Waals surface area contributed by atoms with Crippen molar-refractivity contribution in [1.82, 2.24) is 0 Å². The number of benzene rings is 2. The zero-order chi connectivity index (χ0) is 13.0. The molecule has 0 aliphatic rings. The minimum absolute atomic E-state index is 0.176. The van der Waals surface area contributed by atoms with E-state index in [9.17, 15) is 5.26 Å². The summed E-state index contributed by atoms with van der Waals surface area (Å²) in [6.07, 6.45) is 0.919. The standard InChI is InChI=1S/C16H14ClN/c1-2-13(15-9-5-6-10-16(15)17)14-8-4-3-7-12(14)11-18/h3-10,13H,2H2,1H3. The molecule has 18 heavy (non-hydrogen) atoms. The molecule has 1 atom stereocenters. The van der Waals surface area contributed by atoms with Gasteiger partial charge in [0.05, 0.1) is 11.6 Å². The minimum atomic E-state index is 0.176. The van der Waals surface area contributed by atoms with Crippen LogP contribution in [0.1, 0.15) is 36.0 Å². The molecule has 0 N–H and O–H groups in total. The lowest BCUT2D eigenvalue weighted by atomic mass is 9.86. The highest BCUT2D eigenvalue weighted by Gasteiger charge is 2.17. The van der Waals surface area contributed by atoms with Crippen LogP contribution in [0.2, 0.25) is 5.02 Å². The van der Waals surface area contributed by atoms with Crippen molar-refractivity contribution in [2.75, 3.05) is 0 Å². The Balaban J connectivity index is 2.53. The van der Waals surface area contributed by atoms with Crippen LogP contribution in [0.25, 0.3) is 0 Å². The molecule has 0 heterocycles. The van der Waals surface area contributed by atoms with Crippen molar-refractivity contribution in [2.24, 2.45) is 0 Å². The molecule has 2 rings (SSSR count). The Labute approximate surface area is 113 Å². The van der Waals surface area contributed by atoms with Crippen LogP contribution in [0.5, 0.6) is 0 Å². The summed E-state index contributed by atoms with van der Waals surface area (Å²) in [6.45, 7) is 2.11. The fraction of sp³-hybridized carbons (Fsp3) is 0.188. The lowest BCUT2D eigenvalue weighted by molar-refractivity contribution is 0.775. The molecule has 0 bridgehead atoms. The highest BCUT2D eigenvalue weighted by atomic mass is 35.5. The third-order valence-corrected chi connectivity index (χ3v) is 3.49. The Morgan fingerprint density at radius 3 is 2.28 bits per heavy atom. The average molecular weight is 256 g/mol. The Kier molecular flexibility index (Phi) is 4.02. The highest BCUT2D eigenvalue weighted by Crippen LogP contribution is 2.34. The van der Waals surface area contributed by atoms with Gasteiger partial charge in [-0.2, -0.15) is 5.26 Å². The zero-order valence-electron chi connectivity index (χ0n) is 10.2. The molecular weight excluding hydrogens is 242 g/mol. The Hall–Kier alpha value is -1.78. The number of hydrogen-bond donors (Lipinski definition) is 0. The Morgan fingerprint density at radius 1 is 1.06 bits per heavy atom. The van der Waals surface area contributed by atoms with Crippen LogP contribution < -0.4 is 0 Å². The number of nitrogens with zero attached hydrogens (tertiary/aromatic N) is 1. The zero-order valence-corrected chi connectivity index (χ0v) is 11.0. The smallest absolute Gasteiger partial charge is 0.0994 e. The van der Waals surface area contributed by atoms with Crippen molar-refractivity contribution in [3.8, 4) is 6.07 Å². The molecule has 0 aliphatic heterocycles. The van der Waals surface area contributed by atoms with Gasteiger partial charge in [0.2, 0.25) is 0 Å². The van der Waals surface area contributed by atoms with Crippen LogP contribution in [-0.2, 0) is 0 Å². The SMILES string of the molecule is CCC(c1ccccc1Cl)c1ccccc1C#N. The average Bonchev–Trinajstić information content (AvgIpc) is 2.42. The number of halogens is 1. The van der Waals surface area contributed by atoms with E-state index in [1.54, 1.807) is 0 Å². The van der Waals surface area contributed by atoms with Crippen molar-refractivity contribution in [1.29, 1.82) is 5.26 Å². The molecule has 0 saturated heterocycles. The lowest BCUT2D eigenvalue weighted by Gasteiger charge is -2.18. The van der Waals surface area contributed by atoms with E-state index < -0.39 is 0 Å². The first-order chi connectivity index (χ1) is 8.77. The summed E-state index contributed by atoms with van der Waals surface area (Å²) in [5, 5.41) is 9.96. The van der Waals surface area contributed by atoms with Gasteiger partial charge in [-0.05, 0) is 29.7 Å². The highest BCUT2D eigenvalue weighted by molar-refractivity contribution is 6.31. The first-order valence-corrected chi connectivity index (χ1v) is 6.39. The molecule has 0 amide bonds. The molecule has 2 aromatic carbocycles. The van der Waals surface area contributed by atoms with Gasteiger partial charge in [0.1, 0.15) is 0 Å². The predicted molar refractivity (Wildman–Crippen MR) is 74.7 cm³/mol. The summed E-state index contributed by atoms with van der Waals surface area (Å²) in [5.74, 6) is 0.176. The van der Waals surface area contributed by atoms with Crippen LogP contribution >= 0.6 is 11.6 Å². The Morgan fingerprint density at radius 2 is 1.67 bits per heavy atom. The molecular formula is C16H14ClN. The van der Waals surface area contributed by atoms with Gasteiger partial charge in [0.15, 0.2) is 0 Å². The fourth-order valence-electron chi connectivity index (χ4n) is 2.27. The number of nitriles is 1. The van der Waals surface area contributed by atoms with Crippen molar-refractivity contribution >= 4 is 11.6 Å². The normalized spacial score (nSPS) is 11.8. The minimum Gasteiger partial charge on any atom is -0.192 e. The maximum absolute atomic E-state index is 9.20. The summed E-state index contributed by atoms with van der Waals surface area (Å²) >= 11 is 6.26. The quantitative estimate of drug-likeness (QED) is 0.776. The van der Waals surface area contributed by atoms with Gasteiger partial charge in [-0.1, -0.05) is 54.9 Å². The molecule has 90 valence electrons. The Bertz CT molecular complexity index is 584. The third-order valence-electron chi connectivity index (χ3n) is 3.15. The van der Waals surface area contributed by atoms with E-state index in [2.05, 4.69) is 13.0 Å². The molecule has 0 fully saturated rings. The largest absolute Gasteiger partial charge is 0.192 e. The lowest BCUT2D eigenvalue weighted by Crippen LogP contribution is -2.03. The molecule has 0 aromatic heterocycles. The van der Waals surface area contributed by atoms with Gasteiger partial charge in [0, 0.05) is 10.9 Å². The van der Waals surface area contributed by atoms with Gasteiger partial charge in [0.25, 0.3) is 0 Å². The summed E-state index contributed by atoms with van der Waals surface area (Å²) in [5.41, 5.74) is 2.87. The second-order valence-corrected chi connectivity index (χ2v) is 4.59. The van der Waals surface area contributed by atoms with E-state index in [4.69, 9.17) is 11.6 Å². The van der Waals surface area contributed by atoms with Crippen molar-refractivity contribution in [2.45, 2.75) is 19.3 Å². The molecule has 2 heteroatoms. The monoisotopic (exact) mass is 255 g/mol. The topological polar surface area (TPSA) is 23.8 Å². The molecule has 1 unspecified atom stereocenters. The molecule has 0 radical (unpaired) electrons. The fourth-order valence-corrected chi connectivity index (χ4v) is 2.54. The molecule has 0 aliphatic carbocycles. The first kappa shape index (κ1) is 12.7. The first-order valence-electron chi connectivity index (χ1n) is 6.01. The van der Waals surface area contributed by atoms with Crippen LogP contribution in [0, 0.1) is 11.3 Å². The molecule has 0 saturated carbocycles. The van der Waals surface area contributed by atoms with E-state index in [1.165, 1.54) is 0 Å². The van der Waals surface area contributed by atoms with Gasteiger partial charge in [-0.3, -0.25) is 0 Å². The summed E-state index contributed by atoms with van der Waals surface area (Å²) < 4.78 is 0. The molecule has 2 aromatic rings. The number of rotatable bonds is 3. The van der Waals surface area contributed by atoms with E-state index in [0.29, 0.717) is 0 Å². The van der Waals surface area contributed by atoms with E-state index in [0.717, 1.165) is 28.1 Å². The van der Waals surface area contributed by atoms with Crippen molar-refractivity contribution in [3.05, 3.63) is 70.2 Å². The van der Waals surface area contributed by atoms with Crippen LogP contribution in [0.15, 0.2) is 48.5 Å². The van der Waals surface area contributed by atoms with Crippen LogP contribution in [0.3, 0.4) is 0 Å². The summed E-state index contributed by atoms with van der Waals surface area (Å²) in [4.78, 5) is 0. The second kappa shape index (κ2) is 5.71.